The third-order valence-corrected chi connectivity index (χ3v) is 5.49. The van der Waals surface area contributed by atoms with E-state index in [1.807, 2.05) is 73.3 Å². The lowest BCUT2D eigenvalue weighted by Gasteiger charge is -2.32. The molecule has 1 aliphatic rings. The molecule has 2 aromatic carbocycles. The maximum Gasteiger partial charge on any atom is 0.318 e. The van der Waals surface area contributed by atoms with Gasteiger partial charge in [0.25, 0.3) is 0 Å². The molecular weight excluding hydrogens is 408 g/mol. The number of imidazole rings is 1. The van der Waals surface area contributed by atoms with Crippen LogP contribution in [0.25, 0.3) is 0 Å². The molecule has 0 radical (unpaired) electrons. The highest BCUT2D eigenvalue weighted by atomic mass is 16.6. The molecule has 3 aromatic rings. The van der Waals surface area contributed by atoms with Crippen LogP contribution in [-0.2, 0) is 7.05 Å². The van der Waals surface area contributed by atoms with Gasteiger partial charge in [0.2, 0.25) is 0 Å². The zero-order valence-electron chi connectivity index (χ0n) is 18.5. The van der Waals surface area contributed by atoms with Gasteiger partial charge in [-0.25, -0.2) is 9.78 Å². The van der Waals surface area contributed by atoms with Crippen LogP contribution in [0.3, 0.4) is 0 Å². The second kappa shape index (κ2) is 9.64. The predicted molar refractivity (Wildman–Crippen MR) is 120 cm³/mol. The first-order valence-corrected chi connectivity index (χ1v) is 10.6. The van der Waals surface area contributed by atoms with Crippen LogP contribution in [0.2, 0.25) is 0 Å². The zero-order chi connectivity index (χ0) is 22.5. The average molecular weight is 437 g/mol. The number of ether oxygens (including phenoxy) is 3. The van der Waals surface area contributed by atoms with E-state index in [9.17, 15) is 4.79 Å². The molecule has 0 aliphatic carbocycles. The number of aromatic nitrogens is 2. The van der Waals surface area contributed by atoms with Gasteiger partial charge in [-0.05, 0) is 25.1 Å². The molecule has 32 heavy (non-hydrogen) atoms. The Hall–Kier alpha value is -3.68. The van der Waals surface area contributed by atoms with Crippen LogP contribution in [0.1, 0.15) is 24.4 Å². The fourth-order valence-corrected chi connectivity index (χ4v) is 3.81. The van der Waals surface area contributed by atoms with Gasteiger partial charge >= 0.3 is 6.03 Å². The molecule has 1 aromatic heterocycles. The molecule has 0 saturated heterocycles. The van der Waals surface area contributed by atoms with Gasteiger partial charge in [0, 0.05) is 31.5 Å². The Morgan fingerprint density at radius 3 is 2.72 bits per heavy atom. The highest BCUT2D eigenvalue weighted by molar-refractivity contribution is 5.75. The van der Waals surface area contributed by atoms with Crippen LogP contribution in [0.4, 0.5) is 4.79 Å². The number of hydrogen-bond donors (Lipinski definition) is 1. The second-order valence-corrected chi connectivity index (χ2v) is 7.56. The number of nitrogens with one attached hydrogen (secondary N) is 1. The number of carbonyl (C=O) groups is 1. The Morgan fingerprint density at radius 1 is 1.25 bits per heavy atom. The van der Waals surface area contributed by atoms with E-state index in [0.717, 1.165) is 11.3 Å². The number of benzene rings is 2. The fraction of sp³-hybridized carbons (Fsp3) is 0.333. The molecule has 1 aliphatic heterocycles. The first kappa shape index (κ1) is 21.5. The van der Waals surface area contributed by atoms with Crippen molar-refractivity contribution in [3.8, 4) is 17.2 Å². The van der Waals surface area contributed by atoms with Crippen molar-refractivity contribution in [3.63, 3.8) is 0 Å². The van der Waals surface area contributed by atoms with Crippen LogP contribution in [0.5, 0.6) is 17.2 Å². The summed E-state index contributed by atoms with van der Waals surface area (Å²) < 4.78 is 19.3. The van der Waals surface area contributed by atoms with Crippen LogP contribution in [0.15, 0.2) is 60.9 Å². The van der Waals surface area contributed by atoms with E-state index in [-0.39, 0.29) is 12.1 Å². The number of methoxy groups -OCH3 is 1. The van der Waals surface area contributed by atoms with Crippen LogP contribution in [0, 0.1) is 0 Å². The van der Waals surface area contributed by atoms with Crippen molar-refractivity contribution in [3.05, 3.63) is 72.3 Å². The van der Waals surface area contributed by atoms with E-state index in [0.29, 0.717) is 37.0 Å². The summed E-state index contributed by atoms with van der Waals surface area (Å²) in [5, 5.41) is 3.14. The lowest BCUT2D eigenvalue weighted by molar-refractivity contribution is 0.0672. The second-order valence-electron chi connectivity index (χ2n) is 7.56. The summed E-state index contributed by atoms with van der Waals surface area (Å²) in [6, 6.07) is 14.5. The van der Waals surface area contributed by atoms with E-state index in [1.165, 1.54) is 0 Å². The molecule has 2 atom stereocenters. The molecule has 0 bridgehead atoms. The Bertz CT molecular complexity index is 1070. The minimum absolute atomic E-state index is 0.214. The van der Waals surface area contributed by atoms with Crippen molar-refractivity contribution >= 4 is 6.03 Å². The summed E-state index contributed by atoms with van der Waals surface area (Å²) in [4.78, 5) is 19.5. The molecule has 2 heterocycles. The summed E-state index contributed by atoms with van der Waals surface area (Å²) in [6.07, 6.45) is 3.31. The van der Waals surface area contributed by atoms with E-state index in [1.54, 1.807) is 18.2 Å². The number of rotatable bonds is 7. The van der Waals surface area contributed by atoms with E-state index in [2.05, 4.69) is 10.3 Å². The number of hydrogen-bond acceptors (Lipinski definition) is 5. The number of carbonyl (C=O) groups excluding carboxylic acids is 1. The van der Waals surface area contributed by atoms with Gasteiger partial charge in [0.1, 0.15) is 24.2 Å². The Kier molecular flexibility index (Phi) is 6.49. The molecule has 1 N–H and O–H groups in total. The standard InChI is InChI=1S/C24H28N4O4/c1-4-28(15-17-16-31-20-11-7-8-12-21(20)32-17)24(29)26-22(23-25-13-14-27(23)2)18-9-5-6-10-19(18)30-3/h5-14,17,22H,4,15-16H2,1-3H3,(H,26,29). The number of nitrogens with zero attached hydrogens (tertiary/aromatic N) is 3. The fourth-order valence-electron chi connectivity index (χ4n) is 3.81. The van der Waals surface area contributed by atoms with Gasteiger partial charge in [-0.1, -0.05) is 30.3 Å². The van der Waals surface area contributed by atoms with Crippen molar-refractivity contribution in [2.75, 3.05) is 26.8 Å². The highest BCUT2D eigenvalue weighted by Gasteiger charge is 2.28. The first-order chi connectivity index (χ1) is 15.6. The van der Waals surface area contributed by atoms with Gasteiger partial charge < -0.3 is 29.0 Å². The van der Waals surface area contributed by atoms with Gasteiger partial charge in [0.05, 0.1) is 13.7 Å². The van der Waals surface area contributed by atoms with Gasteiger partial charge in [0.15, 0.2) is 17.6 Å². The largest absolute Gasteiger partial charge is 0.496 e. The summed E-state index contributed by atoms with van der Waals surface area (Å²) in [5.74, 6) is 2.82. The maximum absolute atomic E-state index is 13.3. The first-order valence-electron chi connectivity index (χ1n) is 10.6. The monoisotopic (exact) mass is 436 g/mol. The lowest BCUT2D eigenvalue weighted by Crippen LogP contribution is -2.48. The molecule has 4 rings (SSSR count). The van der Waals surface area contributed by atoms with Crippen molar-refractivity contribution in [2.24, 2.45) is 7.05 Å². The van der Waals surface area contributed by atoms with E-state index < -0.39 is 6.04 Å². The normalized spacial score (nSPS) is 15.7. The molecule has 0 fully saturated rings. The topological polar surface area (TPSA) is 77.8 Å². The smallest absolute Gasteiger partial charge is 0.318 e. The maximum atomic E-state index is 13.3. The number of aryl methyl sites for hydroxylation is 1. The quantitative estimate of drug-likeness (QED) is 0.614. The SMILES string of the molecule is CCN(CC1COc2ccccc2O1)C(=O)NC(c1ccccc1OC)c1nccn1C. The lowest BCUT2D eigenvalue weighted by atomic mass is 10.0. The van der Waals surface area contributed by atoms with E-state index in [4.69, 9.17) is 14.2 Å². The molecule has 8 heteroatoms. The van der Waals surface area contributed by atoms with Crippen molar-refractivity contribution in [1.29, 1.82) is 0 Å². The predicted octanol–water partition coefficient (Wildman–Crippen LogP) is 3.39. The summed E-state index contributed by atoms with van der Waals surface area (Å²) >= 11 is 0. The van der Waals surface area contributed by atoms with Gasteiger partial charge in [-0.2, -0.15) is 0 Å². The Morgan fingerprint density at radius 2 is 2.00 bits per heavy atom. The third-order valence-electron chi connectivity index (χ3n) is 5.49. The number of amides is 2. The molecule has 2 amide bonds. The van der Waals surface area contributed by atoms with Crippen LogP contribution in [-0.4, -0.2) is 53.4 Å². The van der Waals surface area contributed by atoms with Crippen LogP contribution >= 0.6 is 0 Å². The molecule has 2 unspecified atom stereocenters. The summed E-state index contributed by atoms with van der Waals surface area (Å²) in [7, 11) is 3.52. The minimum Gasteiger partial charge on any atom is -0.496 e. The number of fused-ring (bicyclic) bond motifs is 1. The summed E-state index contributed by atoms with van der Waals surface area (Å²) in [6.45, 7) is 3.24. The van der Waals surface area contributed by atoms with Crippen LogP contribution < -0.4 is 19.5 Å². The number of urea groups is 1. The Balaban J connectivity index is 1.53. The van der Waals surface area contributed by atoms with Crippen molar-refractivity contribution in [2.45, 2.75) is 19.1 Å². The number of likely N-dealkylation sites (N-methyl/N-ethyl adjacent to an activating group) is 1. The average Bonchev–Trinajstić information content (AvgIpc) is 3.26. The minimum atomic E-state index is -0.475. The molecule has 0 spiro atoms. The van der Waals surface area contributed by atoms with Gasteiger partial charge in [-0.15, -0.1) is 0 Å². The molecule has 0 saturated carbocycles. The highest BCUT2D eigenvalue weighted by Crippen LogP contribution is 2.31. The van der Waals surface area contributed by atoms with Crippen molar-refractivity contribution in [1.82, 2.24) is 19.8 Å². The summed E-state index contributed by atoms with van der Waals surface area (Å²) in [5.41, 5.74) is 0.833. The Labute approximate surface area is 187 Å². The molecule has 168 valence electrons. The zero-order valence-corrected chi connectivity index (χ0v) is 18.5. The van der Waals surface area contributed by atoms with E-state index >= 15 is 0 Å². The van der Waals surface area contributed by atoms with Crippen molar-refractivity contribution < 1.29 is 19.0 Å². The third kappa shape index (κ3) is 4.49. The molecular formula is C24H28N4O4. The number of para-hydroxylation sites is 3. The molecule has 8 nitrogen and oxygen atoms in total. The van der Waals surface area contributed by atoms with Gasteiger partial charge in [-0.3, -0.25) is 0 Å².